The smallest absolute Gasteiger partial charge is 0.0335 e. The standard InChI is InChI=1S/C13H14N2/c14-13(12-4-2-1-3-5-12)10-11-6-8-15-9-7-11/h1-9,13H,10,14H2. The lowest BCUT2D eigenvalue weighted by Gasteiger charge is -2.11. The molecular formula is C13H14N2. The highest BCUT2D eigenvalue weighted by Crippen LogP contribution is 2.14. The molecule has 0 aliphatic heterocycles. The van der Waals surface area contributed by atoms with Crippen molar-refractivity contribution < 1.29 is 0 Å². The Morgan fingerprint density at radius 2 is 1.67 bits per heavy atom. The van der Waals surface area contributed by atoms with Gasteiger partial charge in [0.05, 0.1) is 0 Å². The molecule has 2 aromatic rings. The van der Waals surface area contributed by atoms with Crippen LogP contribution < -0.4 is 5.73 Å². The first-order chi connectivity index (χ1) is 7.36. The van der Waals surface area contributed by atoms with Gasteiger partial charge in [-0.15, -0.1) is 0 Å². The third-order valence-electron chi connectivity index (χ3n) is 2.43. The van der Waals surface area contributed by atoms with E-state index in [4.69, 9.17) is 5.73 Å². The molecule has 76 valence electrons. The Morgan fingerprint density at radius 1 is 1.00 bits per heavy atom. The number of nitrogens with zero attached hydrogens (tertiary/aromatic N) is 1. The van der Waals surface area contributed by atoms with E-state index in [1.807, 2.05) is 30.3 Å². The Hall–Kier alpha value is -1.67. The fraction of sp³-hybridized carbons (Fsp3) is 0.154. The molecule has 2 heteroatoms. The lowest BCUT2D eigenvalue weighted by molar-refractivity contribution is 0.721. The maximum atomic E-state index is 6.11. The molecule has 0 saturated heterocycles. The van der Waals surface area contributed by atoms with Crippen LogP contribution in [0.15, 0.2) is 54.9 Å². The molecule has 1 atom stereocenters. The number of aromatic nitrogens is 1. The van der Waals surface area contributed by atoms with Gasteiger partial charge in [0.2, 0.25) is 0 Å². The number of rotatable bonds is 3. The average Bonchev–Trinajstić information content (AvgIpc) is 2.31. The summed E-state index contributed by atoms with van der Waals surface area (Å²) in [5, 5.41) is 0. The Morgan fingerprint density at radius 3 is 2.33 bits per heavy atom. The van der Waals surface area contributed by atoms with Gasteiger partial charge < -0.3 is 5.73 Å². The molecule has 15 heavy (non-hydrogen) atoms. The van der Waals surface area contributed by atoms with Crippen molar-refractivity contribution in [2.24, 2.45) is 5.73 Å². The third-order valence-corrected chi connectivity index (χ3v) is 2.43. The van der Waals surface area contributed by atoms with Crippen LogP contribution >= 0.6 is 0 Å². The van der Waals surface area contributed by atoms with Crippen LogP contribution in [0.1, 0.15) is 17.2 Å². The number of hydrogen-bond acceptors (Lipinski definition) is 2. The third kappa shape index (κ3) is 2.64. The van der Waals surface area contributed by atoms with Crippen molar-refractivity contribution >= 4 is 0 Å². The zero-order chi connectivity index (χ0) is 10.5. The van der Waals surface area contributed by atoms with Crippen molar-refractivity contribution in [1.82, 2.24) is 4.98 Å². The maximum absolute atomic E-state index is 6.11. The fourth-order valence-corrected chi connectivity index (χ4v) is 1.59. The Bertz CT molecular complexity index is 397. The molecule has 0 aliphatic carbocycles. The average molecular weight is 198 g/mol. The van der Waals surface area contributed by atoms with E-state index in [0.717, 1.165) is 6.42 Å². The Labute approximate surface area is 89.8 Å². The predicted molar refractivity (Wildman–Crippen MR) is 61.3 cm³/mol. The number of nitrogens with two attached hydrogens (primary N) is 1. The summed E-state index contributed by atoms with van der Waals surface area (Å²) in [6.07, 6.45) is 4.45. The van der Waals surface area contributed by atoms with E-state index in [-0.39, 0.29) is 6.04 Å². The largest absolute Gasteiger partial charge is 0.324 e. The van der Waals surface area contributed by atoms with Crippen molar-refractivity contribution in [2.75, 3.05) is 0 Å². The number of benzene rings is 1. The summed E-state index contributed by atoms with van der Waals surface area (Å²) in [7, 11) is 0. The van der Waals surface area contributed by atoms with Gasteiger partial charge in [0, 0.05) is 18.4 Å². The first-order valence-corrected chi connectivity index (χ1v) is 5.05. The van der Waals surface area contributed by atoms with Crippen molar-refractivity contribution in [3.63, 3.8) is 0 Å². The molecule has 2 rings (SSSR count). The fourth-order valence-electron chi connectivity index (χ4n) is 1.59. The van der Waals surface area contributed by atoms with Crippen LogP contribution in [0.5, 0.6) is 0 Å². The van der Waals surface area contributed by atoms with Gasteiger partial charge in [0.15, 0.2) is 0 Å². The van der Waals surface area contributed by atoms with Crippen LogP contribution in [0.3, 0.4) is 0 Å². The molecule has 0 radical (unpaired) electrons. The van der Waals surface area contributed by atoms with Crippen LogP contribution in [-0.2, 0) is 6.42 Å². The molecular weight excluding hydrogens is 184 g/mol. The topological polar surface area (TPSA) is 38.9 Å². The second-order valence-electron chi connectivity index (χ2n) is 3.58. The summed E-state index contributed by atoms with van der Waals surface area (Å²) in [5.74, 6) is 0. The maximum Gasteiger partial charge on any atom is 0.0335 e. The highest BCUT2D eigenvalue weighted by molar-refractivity contribution is 5.21. The predicted octanol–water partition coefficient (Wildman–Crippen LogP) is 2.32. The molecule has 1 aromatic carbocycles. The van der Waals surface area contributed by atoms with Crippen LogP contribution in [0.2, 0.25) is 0 Å². The van der Waals surface area contributed by atoms with E-state index < -0.39 is 0 Å². The summed E-state index contributed by atoms with van der Waals surface area (Å²) in [6, 6.07) is 14.2. The summed E-state index contributed by atoms with van der Waals surface area (Å²) in [6.45, 7) is 0. The summed E-state index contributed by atoms with van der Waals surface area (Å²) < 4.78 is 0. The zero-order valence-corrected chi connectivity index (χ0v) is 8.51. The molecule has 0 spiro atoms. The minimum absolute atomic E-state index is 0.0635. The molecule has 0 saturated carbocycles. The second kappa shape index (κ2) is 4.71. The van der Waals surface area contributed by atoms with E-state index in [1.54, 1.807) is 12.4 Å². The molecule has 0 aliphatic rings. The molecule has 0 fully saturated rings. The van der Waals surface area contributed by atoms with Crippen LogP contribution in [0.4, 0.5) is 0 Å². The van der Waals surface area contributed by atoms with Crippen LogP contribution in [-0.4, -0.2) is 4.98 Å². The van der Waals surface area contributed by atoms with Crippen molar-refractivity contribution in [1.29, 1.82) is 0 Å². The van der Waals surface area contributed by atoms with Crippen molar-refractivity contribution in [3.05, 3.63) is 66.0 Å². The lowest BCUT2D eigenvalue weighted by atomic mass is 10.0. The summed E-state index contributed by atoms with van der Waals surface area (Å²) in [4.78, 5) is 3.98. The van der Waals surface area contributed by atoms with Crippen molar-refractivity contribution in [2.45, 2.75) is 12.5 Å². The number of pyridine rings is 1. The van der Waals surface area contributed by atoms with E-state index in [9.17, 15) is 0 Å². The zero-order valence-electron chi connectivity index (χ0n) is 8.51. The van der Waals surface area contributed by atoms with Gasteiger partial charge in [0.25, 0.3) is 0 Å². The quantitative estimate of drug-likeness (QED) is 0.822. The monoisotopic (exact) mass is 198 g/mol. The summed E-state index contributed by atoms with van der Waals surface area (Å²) in [5.41, 5.74) is 8.51. The Balaban J connectivity index is 2.08. The molecule has 1 aromatic heterocycles. The molecule has 2 N–H and O–H groups in total. The molecule has 2 nitrogen and oxygen atoms in total. The summed E-state index contributed by atoms with van der Waals surface area (Å²) >= 11 is 0. The minimum atomic E-state index is 0.0635. The Kier molecular flexibility index (Phi) is 3.10. The SMILES string of the molecule is NC(Cc1ccncc1)c1ccccc1. The highest BCUT2D eigenvalue weighted by atomic mass is 14.6. The van der Waals surface area contributed by atoms with E-state index in [2.05, 4.69) is 17.1 Å². The van der Waals surface area contributed by atoms with Gasteiger partial charge >= 0.3 is 0 Å². The second-order valence-corrected chi connectivity index (χ2v) is 3.58. The normalized spacial score (nSPS) is 12.3. The molecule has 0 bridgehead atoms. The van der Waals surface area contributed by atoms with Gasteiger partial charge in [-0.05, 0) is 29.7 Å². The van der Waals surface area contributed by atoms with Gasteiger partial charge in [0.1, 0.15) is 0 Å². The molecule has 0 amide bonds. The van der Waals surface area contributed by atoms with E-state index >= 15 is 0 Å². The first-order valence-electron chi connectivity index (χ1n) is 5.05. The van der Waals surface area contributed by atoms with E-state index in [0.29, 0.717) is 0 Å². The highest BCUT2D eigenvalue weighted by Gasteiger charge is 2.05. The van der Waals surface area contributed by atoms with E-state index in [1.165, 1.54) is 11.1 Å². The van der Waals surface area contributed by atoms with Gasteiger partial charge in [-0.25, -0.2) is 0 Å². The van der Waals surface area contributed by atoms with Crippen LogP contribution in [0.25, 0.3) is 0 Å². The number of hydrogen-bond donors (Lipinski definition) is 1. The minimum Gasteiger partial charge on any atom is -0.324 e. The molecule has 1 heterocycles. The van der Waals surface area contributed by atoms with Gasteiger partial charge in [-0.3, -0.25) is 4.98 Å². The van der Waals surface area contributed by atoms with Crippen LogP contribution in [0, 0.1) is 0 Å². The first kappa shape index (κ1) is 9.87. The van der Waals surface area contributed by atoms with Gasteiger partial charge in [-0.1, -0.05) is 30.3 Å². The molecule has 1 unspecified atom stereocenters. The van der Waals surface area contributed by atoms with Crippen molar-refractivity contribution in [3.8, 4) is 0 Å². The lowest BCUT2D eigenvalue weighted by Crippen LogP contribution is -2.13. The van der Waals surface area contributed by atoms with Gasteiger partial charge in [-0.2, -0.15) is 0 Å².